The second-order valence-corrected chi connectivity index (χ2v) is 4.68. The molecule has 0 saturated heterocycles. The molecule has 1 N–H and O–H groups in total. The fourth-order valence-corrected chi connectivity index (χ4v) is 1.70. The zero-order chi connectivity index (χ0) is 12.3. The van der Waals surface area contributed by atoms with Crippen molar-refractivity contribution in [3.8, 4) is 0 Å². The van der Waals surface area contributed by atoms with Gasteiger partial charge in [0.05, 0.1) is 0 Å². The molecule has 3 heteroatoms. The van der Waals surface area contributed by atoms with Gasteiger partial charge in [-0.25, -0.2) is 0 Å². The van der Waals surface area contributed by atoms with Crippen LogP contribution < -0.4 is 0 Å². The molecule has 0 rings (SSSR count). The molecule has 0 saturated carbocycles. The van der Waals surface area contributed by atoms with Crippen LogP contribution in [0.1, 0.15) is 53.4 Å². The highest BCUT2D eigenvalue weighted by Crippen LogP contribution is 2.19. The predicted octanol–water partition coefficient (Wildman–Crippen LogP) is 3.80. The Morgan fingerprint density at radius 2 is 1.73 bits per heavy atom. The van der Waals surface area contributed by atoms with Crippen LogP contribution in [0.15, 0.2) is 0 Å². The van der Waals surface area contributed by atoms with E-state index < -0.39 is 5.97 Å². The lowest BCUT2D eigenvalue weighted by atomic mass is 9.92. The van der Waals surface area contributed by atoms with Crippen LogP contribution >= 0.6 is 9.24 Å². The van der Waals surface area contributed by atoms with Gasteiger partial charge in [0.1, 0.15) is 0 Å². The van der Waals surface area contributed by atoms with Crippen molar-refractivity contribution < 1.29 is 9.90 Å². The van der Waals surface area contributed by atoms with Crippen molar-refractivity contribution in [2.75, 3.05) is 6.16 Å². The van der Waals surface area contributed by atoms with Crippen molar-refractivity contribution in [3.05, 3.63) is 0 Å². The molecule has 0 spiro atoms. The molecule has 92 valence electrons. The van der Waals surface area contributed by atoms with Crippen LogP contribution in [0.4, 0.5) is 0 Å². The standard InChI is InChI=1S/C10H23P.C2H4O2/c1-4-5-6-7-9(2)10(3)8-11;1-2(3)4/h9-10H,4-8,11H2,1-3H3;1H3,(H,3,4). The normalized spacial score (nSPS) is 13.7. The smallest absolute Gasteiger partial charge is 0.300 e. The summed E-state index contributed by atoms with van der Waals surface area (Å²) in [6.07, 6.45) is 6.86. The number of aliphatic carboxylic acids is 1. The first-order valence-electron chi connectivity index (χ1n) is 5.85. The van der Waals surface area contributed by atoms with Gasteiger partial charge in [0.2, 0.25) is 0 Å². The SMILES string of the molecule is CC(=O)O.CCCCCC(C)C(C)CP. The lowest BCUT2D eigenvalue weighted by molar-refractivity contribution is -0.134. The number of rotatable bonds is 6. The number of carboxylic acid groups (broad SMARTS) is 1. The molecule has 3 unspecified atom stereocenters. The summed E-state index contributed by atoms with van der Waals surface area (Å²) in [6.45, 7) is 8.08. The van der Waals surface area contributed by atoms with Crippen LogP contribution in [-0.4, -0.2) is 17.2 Å². The molecule has 0 radical (unpaired) electrons. The second kappa shape index (κ2) is 12.0. The minimum atomic E-state index is -0.833. The summed E-state index contributed by atoms with van der Waals surface area (Å²) in [5, 5.41) is 7.42. The molecule has 0 amide bonds. The van der Waals surface area contributed by atoms with Gasteiger partial charge in [-0.2, -0.15) is 0 Å². The number of unbranched alkanes of at least 4 members (excludes halogenated alkanes) is 2. The molecule has 0 aliphatic carbocycles. The van der Waals surface area contributed by atoms with Gasteiger partial charge in [0.15, 0.2) is 0 Å². The van der Waals surface area contributed by atoms with E-state index in [1.807, 2.05) is 0 Å². The Morgan fingerprint density at radius 3 is 2.07 bits per heavy atom. The Balaban J connectivity index is 0. The molecular weight excluding hydrogens is 207 g/mol. The highest BCUT2D eigenvalue weighted by molar-refractivity contribution is 7.16. The van der Waals surface area contributed by atoms with Crippen LogP contribution in [0.2, 0.25) is 0 Å². The Morgan fingerprint density at radius 1 is 1.27 bits per heavy atom. The van der Waals surface area contributed by atoms with E-state index in [0.717, 1.165) is 18.8 Å². The van der Waals surface area contributed by atoms with Gasteiger partial charge in [-0.15, -0.1) is 9.24 Å². The van der Waals surface area contributed by atoms with Crippen LogP contribution in [0.5, 0.6) is 0 Å². The number of hydrogen-bond donors (Lipinski definition) is 1. The van der Waals surface area contributed by atoms with Crippen LogP contribution in [0.25, 0.3) is 0 Å². The van der Waals surface area contributed by atoms with Crippen LogP contribution in [0.3, 0.4) is 0 Å². The van der Waals surface area contributed by atoms with E-state index in [4.69, 9.17) is 9.90 Å². The van der Waals surface area contributed by atoms with Crippen molar-refractivity contribution in [2.24, 2.45) is 11.8 Å². The molecule has 0 aliphatic heterocycles. The summed E-state index contributed by atoms with van der Waals surface area (Å²) in [5.41, 5.74) is 0. The molecule has 2 nitrogen and oxygen atoms in total. The topological polar surface area (TPSA) is 37.3 Å². The molecule has 0 heterocycles. The van der Waals surface area contributed by atoms with E-state index >= 15 is 0 Å². The maximum Gasteiger partial charge on any atom is 0.300 e. The van der Waals surface area contributed by atoms with Gasteiger partial charge in [-0.3, -0.25) is 4.79 Å². The summed E-state index contributed by atoms with van der Waals surface area (Å²) in [7, 11) is 2.84. The number of carboxylic acids is 1. The minimum Gasteiger partial charge on any atom is -0.481 e. The third kappa shape index (κ3) is 16.6. The maximum atomic E-state index is 9.00. The van der Waals surface area contributed by atoms with Crippen LogP contribution in [-0.2, 0) is 4.79 Å². The first kappa shape index (κ1) is 17.3. The Labute approximate surface area is 97.0 Å². The Hall–Kier alpha value is -0.100. The number of hydrogen-bond acceptors (Lipinski definition) is 1. The molecule has 0 aromatic carbocycles. The van der Waals surface area contributed by atoms with Gasteiger partial charge in [0, 0.05) is 6.92 Å². The van der Waals surface area contributed by atoms with Gasteiger partial charge in [0.25, 0.3) is 5.97 Å². The summed E-state index contributed by atoms with van der Waals surface area (Å²) in [5.74, 6) is 0.968. The zero-order valence-electron chi connectivity index (χ0n) is 10.6. The van der Waals surface area contributed by atoms with Crippen molar-refractivity contribution in [2.45, 2.75) is 53.4 Å². The molecular formula is C12H27O2P. The van der Waals surface area contributed by atoms with Crippen molar-refractivity contribution in [1.82, 2.24) is 0 Å². The van der Waals surface area contributed by atoms with Gasteiger partial charge >= 0.3 is 0 Å². The van der Waals surface area contributed by atoms with Crippen molar-refractivity contribution >= 4 is 15.2 Å². The van der Waals surface area contributed by atoms with E-state index in [9.17, 15) is 0 Å². The van der Waals surface area contributed by atoms with Crippen LogP contribution in [0, 0.1) is 11.8 Å². The number of carbonyl (C=O) groups is 1. The molecule has 0 fully saturated rings. The largest absolute Gasteiger partial charge is 0.481 e. The van der Waals surface area contributed by atoms with E-state index in [-0.39, 0.29) is 0 Å². The predicted molar refractivity (Wildman–Crippen MR) is 70.4 cm³/mol. The minimum absolute atomic E-state index is 0.833. The molecule has 3 atom stereocenters. The molecule has 0 bridgehead atoms. The first-order valence-corrected chi connectivity index (χ1v) is 6.66. The van der Waals surface area contributed by atoms with E-state index in [0.29, 0.717) is 0 Å². The van der Waals surface area contributed by atoms with Gasteiger partial charge < -0.3 is 5.11 Å². The van der Waals surface area contributed by atoms with Gasteiger partial charge in [-0.05, 0) is 18.0 Å². The van der Waals surface area contributed by atoms with E-state index in [1.54, 1.807) is 0 Å². The third-order valence-corrected chi connectivity index (χ3v) is 3.35. The first-order chi connectivity index (χ1) is 6.95. The summed E-state index contributed by atoms with van der Waals surface area (Å²) in [6, 6.07) is 0. The fraction of sp³-hybridized carbons (Fsp3) is 0.917. The van der Waals surface area contributed by atoms with E-state index in [1.165, 1.54) is 31.8 Å². The average molecular weight is 234 g/mol. The maximum absolute atomic E-state index is 9.00. The quantitative estimate of drug-likeness (QED) is 0.560. The van der Waals surface area contributed by atoms with Crippen molar-refractivity contribution in [3.63, 3.8) is 0 Å². The highest BCUT2D eigenvalue weighted by Gasteiger charge is 2.08. The summed E-state index contributed by atoms with van der Waals surface area (Å²) in [4.78, 5) is 9.00. The molecule has 0 aromatic heterocycles. The fourth-order valence-electron chi connectivity index (χ4n) is 1.23. The highest BCUT2D eigenvalue weighted by atomic mass is 31.0. The van der Waals surface area contributed by atoms with E-state index in [2.05, 4.69) is 30.0 Å². The Kier molecular flexibility index (Phi) is 13.8. The molecule has 0 aliphatic rings. The lowest BCUT2D eigenvalue weighted by Gasteiger charge is -2.17. The Bertz CT molecular complexity index is 145. The zero-order valence-corrected chi connectivity index (χ0v) is 11.8. The second-order valence-electron chi connectivity index (χ2n) is 4.21. The lowest BCUT2D eigenvalue weighted by Crippen LogP contribution is -2.08. The van der Waals surface area contributed by atoms with Crippen molar-refractivity contribution in [1.29, 1.82) is 0 Å². The molecule has 0 aromatic rings. The van der Waals surface area contributed by atoms with Gasteiger partial charge in [-0.1, -0.05) is 46.5 Å². The summed E-state index contributed by atoms with van der Waals surface area (Å²) < 4.78 is 0. The molecule has 15 heavy (non-hydrogen) atoms. The summed E-state index contributed by atoms with van der Waals surface area (Å²) >= 11 is 0. The monoisotopic (exact) mass is 234 g/mol. The average Bonchev–Trinajstić information content (AvgIpc) is 2.16. The third-order valence-electron chi connectivity index (χ3n) is 2.61.